The Kier molecular flexibility index (Phi) is 6.19. The zero-order valence-electron chi connectivity index (χ0n) is 14.8. The van der Waals surface area contributed by atoms with Gasteiger partial charge in [0.05, 0.1) is 0 Å². The Morgan fingerprint density at radius 1 is 0.923 bits per heavy atom. The summed E-state index contributed by atoms with van der Waals surface area (Å²) in [5, 5.41) is 2.86. The first-order chi connectivity index (χ1) is 12.7. The predicted molar refractivity (Wildman–Crippen MR) is 101 cm³/mol. The third-order valence-electron chi connectivity index (χ3n) is 4.50. The maximum Gasteiger partial charge on any atom is 0.223 e. The van der Waals surface area contributed by atoms with Crippen LogP contribution in [0.2, 0.25) is 0 Å². The molecule has 1 aromatic carbocycles. The van der Waals surface area contributed by atoms with E-state index in [2.05, 4.69) is 15.2 Å². The number of nitrogens with one attached hydrogen (secondary N) is 1. The van der Waals surface area contributed by atoms with Gasteiger partial charge >= 0.3 is 0 Å². The first-order valence-corrected chi connectivity index (χ1v) is 8.97. The van der Waals surface area contributed by atoms with E-state index in [9.17, 15) is 9.59 Å². The molecule has 0 saturated carbocycles. The highest BCUT2D eigenvalue weighted by molar-refractivity contribution is 5.83. The molecule has 1 saturated heterocycles. The van der Waals surface area contributed by atoms with E-state index in [0.717, 1.165) is 24.5 Å². The number of pyridine rings is 1. The molecule has 0 bridgehead atoms. The predicted octanol–water partition coefficient (Wildman–Crippen LogP) is 1.83. The Balaban J connectivity index is 1.37. The van der Waals surface area contributed by atoms with E-state index >= 15 is 0 Å². The summed E-state index contributed by atoms with van der Waals surface area (Å²) >= 11 is 0. The molecule has 26 heavy (non-hydrogen) atoms. The fourth-order valence-electron chi connectivity index (χ4n) is 2.99. The van der Waals surface area contributed by atoms with Gasteiger partial charge in [-0.1, -0.05) is 36.4 Å². The minimum Gasteiger partial charge on any atom is -0.353 e. The monoisotopic (exact) mass is 352 g/mol. The number of carbonyl (C=O) groups is 2. The number of hydrogen-bond donors (Lipinski definition) is 1. The lowest BCUT2D eigenvalue weighted by molar-refractivity contribution is -0.133. The van der Waals surface area contributed by atoms with E-state index in [0.29, 0.717) is 19.6 Å². The Morgan fingerprint density at radius 3 is 2.35 bits per heavy atom. The van der Waals surface area contributed by atoms with Crippen LogP contribution < -0.4 is 10.2 Å². The van der Waals surface area contributed by atoms with Crippen molar-refractivity contribution >= 4 is 17.6 Å². The Labute approximate surface area is 153 Å². The molecule has 3 rings (SSSR count). The number of carbonyl (C=O) groups excluding carboxylic acids is 2. The lowest BCUT2D eigenvalue weighted by atomic mass is 10.2. The highest BCUT2D eigenvalue weighted by Crippen LogP contribution is 2.13. The van der Waals surface area contributed by atoms with Crippen LogP contribution in [0.4, 0.5) is 5.82 Å². The minimum atomic E-state index is -0.0886. The van der Waals surface area contributed by atoms with Crippen molar-refractivity contribution in [3.8, 4) is 0 Å². The van der Waals surface area contributed by atoms with Crippen molar-refractivity contribution in [1.82, 2.24) is 15.2 Å². The molecule has 1 aliphatic heterocycles. The Hall–Kier alpha value is -2.89. The summed E-state index contributed by atoms with van der Waals surface area (Å²) in [7, 11) is 0. The van der Waals surface area contributed by atoms with Gasteiger partial charge in [0.2, 0.25) is 11.8 Å². The molecule has 2 aromatic rings. The molecule has 2 amide bonds. The van der Waals surface area contributed by atoms with Gasteiger partial charge in [-0.3, -0.25) is 9.59 Å². The smallest absolute Gasteiger partial charge is 0.223 e. The van der Waals surface area contributed by atoms with E-state index in [1.54, 1.807) is 6.20 Å². The second-order valence-corrected chi connectivity index (χ2v) is 6.32. The molecule has 0 atom stereocenters. The standard InChI is InChI=1S/C20H24N4O2/c25-19(22-16-17-6-2-1-3-7-17)9-10-20(26)24-14-12-23(13-15-24)18-8-4-5-11-21-18/h1-8,11H,9-10,12-16H2,(H,22,25). The molecule has 1 N–H and O–H groups in total. The summed E-state index contributed by atoms with van der Waals surface area (Å²) < 4.78 is 0. The average molecular weight is 352 g/mol. The molecule has 0 aliphatic carbocycles. The molecule has 136 valence electrons. The van der Waals surface area contributed by atoms with Gasteiger partial charge in [0.25, 0.3) is 0 Å². The highest BCUT2D eigenvalue weighted by atomic mass is 16.2. The Bertz CT molecular complexity index is 713. The van der Waals surface area contributed by atoms with E-state index in [-0.39, 0.29) is 24.7 Å². The van der Waals surface area contributed by atoms with Gasteiger partial charge in [0, 0.05) is 51.8 Å². The minimum absolute atomic E-state index is 0.0422. The average Bonchev–Trinajstić information content (AvgIpc) is 2.72. The van der Waals surface area contributed by atoms with Crippen molar-refractivity contribution < 1.29 is 9.59 Å². The first-order valence-electron chi connectivity index (χ1n) is 8.97. The zero-order valence-corrected chi connectivity index (χ0v) is 14.8. The van der Waals surface area contributed by atoms with Crippen molar-refractivity contribution in [1.29, 1.82) is 0 Å². The number of piperazine rings is 1. The summed E-state index contributed by atoms with van der Waals surface area (Å²) in [5.41, 5.74) is 1.05. The largest absolute Gasteiger partial charge is 0.353 e. The quantitative estimate of drug-likeness (QED) is 0.861. The van der Waals surface area contributed by atoms with Gasteiger partial charge in [0.15, 0.2) is 0 Å². The van der Waals surface area contributed by atoms with Gasteiger partial charge in [-0.25, -0.2) is 4.98 Å². The van der Waals surface area contributed by atoms with E-state index in [1.165, 1.54) is 0 Å². The van der Waals surface area contributed by atoms with Crippen molar-refractivity contribution in [2.24, 2.45) is 0 Å². The van der Waals surface area contributed by atoms with Crippen LogP contribution in [0.5, 0.6) is 0 Å². The SMILES string of the molecule is O=C(CCC(=O)N1CCN(c2ccccn2)CC1)NCc1ccccc1. The molecule has 1 fully saturated rings. The third-order valence-corrected chi connectivity index (χ3v) is 4.50. The molecule has 1 aliphatic rings. The molecule has 6 heteroatoms. The summed E-state index contributed by atoms with van der Waals surface area (Å²) in [6, 6.07) is 15.6. The first kappa shape index (κ1) is 17.9. The number of hydrogen-bond acceptors (Lipinski definition) is 4. The van der Waals surface area contributed by atoms with Gasteiger partial charge in [0.1, 0.15) is 5.82 Å². The fraction of sp³-hybridized carbons (Fsp3) is 0.350. The summed E-state index contributed by atoms with van der Waals surface area (Å²) in [4.78, 5) is 32.6. The number of anilines is 1. The van der Waals surface area contributed by atoms with Crippen molar-refractivity contribution in [2.75, 3.05) is 31.1 Å². The number of rotatable bonds is 6. The second-order valence-electron chi connectivity index (χ2n) is 6.32. The summed E-state index contributed by atoms with van der Waals surface area (Å²) in [5.74, 6) is 0.898. The lowest BCUT2D eigenvalue weighted by Gasteiger charge is -2.35. The molecular formula is C20H24N4O2. The second kappa shape index (κ2) is 8.99. The molecule has 0 unspecified atom stereocenters. The molecule has 0 spiro atoms. The topological polar surface area (TPSA) is 65.5 Å². The molecule has 1 aromatic heterocycles. The van der Waals surface area contributed by atoms with Crippen LogP contribution in [0.3, 0.4) is 0 Å². The third kappa shape index (κ3) is 5.05. The Morgan fingerprint density at radius 2 is 1.65 bits per heavy atom. The van der Waals surface area contributed by atoms with Crippen LogP contribution in [0.25, 0.3) is 0 Å². The van der Waals surface area contributed by atoms with E-state index in [4.69, 9.17) is 0 Å². The van der Waals surface area contributed by atoms with E-state index < -0.39 is 0 Å². The van der Waals surface area contributed by atoms with Crippen molar-refractivity contribution in [2.45, 2.75) is 19.4 Å². The van der Waals surface area contributed by atoms with Gasteiger partial charge in [-0.15, -0.1) is 0 Å². The van der Waals surface area contributed by atoms with Crippen LogP contribution in [0, 0.1) is 0 Å². The molecular weight excluding hydrogens is 328 g/mol. The normalized spacial score (nSPS) is 14.2. The number of amides is 2. The van der Waals surface area contributed by atoms with Crippen LogP contribution in [-0.4, -0.2) is 47.9 Å². The van der Waals surface area contributed by atoms with Crippen molar-refractivity contribution in [3.63, 3.8) is 0 Å². The van der Waals surface area contributed by atoms with Crippen molar-refractivity contribution in [3.05, 3.63) is 60.3 Å². The zero-order chi connectivity index (χ0) is 18.2. The summed E-state index contributed by atoms with van der Waals surface area (Å²) in [6.45, 7) is 3.37. The van der Waals surface area contributed by atoms with Crippen LogP contribution >= 0.6 is 0 Å². The molecule has 0 radical (unpaired) electrons. The van der Waals surface area contributed by atoms with Gasteiger partial charge in [-0.2, -0.15) is 0 Å². The maximum atomic E-state index is 12.3. The van der Waals surface area contributed by atoms with Gasteiger partial charge in [-0.05, 0) is 17.7 Å². The number of benzene rings is 1. The number of nitrogens with zero attached hydrogens (tertiary/aromatic N) is 3. The summed E-state index contributed by atoms with van der Waals surface area (Å²) in [6.07, 6.45) is 2.26. The van der Waals surface area contributed by atoms with Gasteiger partial charge < -0.3 is 15.1 Å². The fourth-order valence-corrected chi connectivity index (χ4v) is 2.99. The maximum absolute atomic E-state index is 12.3. The van der Waals surface area contributed by atoms with E-state index in [1.807, 2.05) is 53.4 Å². The van der Waals surface area contributed by atoms with Crippen LogP contribution in [0.15, 0.2) is 54.7 Å². The number of aromatic nitrogens is 1. The molecule has 2 heterocycles. The highest BCUT2D eigenvalue weighted by Gasteiger charge is 2.22. The van der Waals surface area contributed by atoms with Crippen LogP contribution in [0.1, 0.15) is 18.4 Å². The van der Waals surface area contributed by atoms with Crippen LogP contribution in [-0.2, 0) is 16.1 Å². The lowest BCUT2D eigenvalue weighted by Crippen LogP contribution is -2.49. The molecule has 6 nitrogen and oxygen atoms in total.